The average Bonchev–Trinajstić information content (AvgIpc) is 2.60. The maximum Gasteiger partial charge on any atom is 0.144 e. The molecule has 0 saturated heterocycles. The molecule has 0 fully saturated rings. The lowest BCUT2D eigenvalue weighted by atomic mass is 10.1. The molecule has 3 heteroatoms. The predicted octanol–water partition coefficient (Wildman–Crippen LogP) is 4.34. The molecule has 0 N–H and O–H groups in total. The van der Waals surface area contributed by atoms with Gasteiger partial charge in [0.05, 0.1) is 19.3 Å². The maximum atomic E-state index is 9.24. The fourth-order valence-corrected chi connectivity index (χ4v) is 2.31. The quantitative estimate of drug-likeness (QED) is 0.692. The molecule has 0 aromatic heterocycles. The smallest absolute Gasteiger partial charge is 0.144 e. The van der Waals surface area contributed by atoms with Crippen molar-refractivity contribution >= 4 is 0 Å². The van der Waals surface area contributed by atoms with Crippen molar-refractivity contribution in [1.82, 2.24) is 0 Å². The normalized spacial score (nSPS) is 13.2. The van der Waals surface area contributed by atoms with Crippen molar-refractivity contribution in [2.45, 2.75) is 32.7 Å². The van der Waals surface area contributed by atoms with E-state index in [1.807, 2.05) is 60.7 Å². The van der Waals surface area contributed by atoms with Gasteiger partial charge in [0, 0.05) is 6.61 Å². The molecule has 2 atom stereocenters. The molecule has 0 aliphatic carbocycles. The molecule has 3 nitrogen and oxygen atoms in total. The summed E-state index contributed by atoms with van der Waals surface area (Å²) in [6.07, 6.45) is 0.281. The topological polar surface area (TPSA) is 42.2 Å². The van der Waals surface area contributed by atoms with Crippen molar-refractivity contribution in [3.05, 3.63) is 71.8 Å². The Hall–Kier alpha value is -2.15. The second-order valence-corrected chi connectivity index (χ2v) is 5.76. The van der Waals surface area contributed by atoms with Gasteiger partial charge >= 0.3 is 0 Å². The summed E-state index contributed by atoms with van der Waals surface area (Å²) in [7, 11) is 0. The Morgan fingerprint density at radius 1 is 0.913 bits per heavy atom. The van der Waals surface area contributed by atoms with Crippen molar-refractivity contribution < 1.29 is 9.47 Å². The van der Waals surface area contributed by atoms with Crippen molar-refractivity contribution in [3.8, 4) is 6.07 Å². The lowest BCUT2D eigenvalue weighted by Gasteiger charge is -2.16. The third-order valence-electron chi connectivity index (χ3n) is 3.57. The highest BCUT2D eigenvalue weighted by Crippen LogP contribution is 2.13. The maximum absolute atomic E-state index is 9.24. The second-order valence-electron chi connectivity index (χ2n) is 5.76. The Bertz CT molecular complexity index is 592. The first-order chi connectivity index (χ1) is 11.3. The first-order valence-corrected chi connectivity index (χ1v) is 7.94. The summed E-state index contributed by atoms with van der Waals surface area (Å²) < 4.78 is 11.4. The summed E-state index contributed by atoms with van der Waals surface area (Å²) in [4.78, 5) is 0. The molecule has 0 heterocycles. The van der Waals surface area contributed by atoms with Crippen LogP contribution in [0.4, 0.5) is 0 Å². The van der Waals surface area contributed by atoms with Crippen LogP contribution >= 0.6 is 0 Å². The summed E-state index contributed by atoms with van der Waals surface area (Å²) in [5, 5.41) is 9.24. The molecule has 0 saturated carbocycles. The lowest BCUT2D eigenvalue weighted by molar-refractivity contribution is 0.0367. The minimum Gasteiger partial charge on any atom is -0.376 e. The molecule has 23 heavy (non-hydrogen) atoms. The average molecular weight is 309 g/mol. The van der Waals surface area contributed by atoms with Crippen LogP contribution in [0.3, 0.4) is 0 Å². The first kappa shape index (κ1) is 17.2. The Kier molecular flexibility index (Phi) is 7.32. The Morgan fingerprint density at radius 2 is 1.48 bits per heavy atom. The Morgan fingerprint density at radius 3 is 2.04 bits per heavy atom. The SMILES string of the molecule is C[C@H](COCc1ccccc1)C[C@@H](C#N)OCc1ccccc1. The van der Waals surface area contributed by atoms with Gasteiger partial charge in [-0.1, -0.05) is 67.6 Å². The van der Waals surface area contributed by atoms with Gasteiger partial charge in [-0.25, -0.2) is 0 Å². The van der Waals surface area contributed by atoms with E-state index in [0.29, 0.717) is 26.2 Å². The van der Waals surface area contributed by atoms with Crippen molar-refractivity contribution in [3.63, 3.8) is 0 Å². The van der Waals surface area contributed by atoms with E-state index in [2.05, 4.69) is 13.0 Å². The van der Waals surface area contributed by atoms with Gasteiger partial charge in [0.15, 0.2) is 0 Å². The highest BCUT2D eigenvalue weighted by molar-refractivity contribution is 5.14. The van der Waals surface area contributed by atoms with Crippen LogP contribution in [-0.4, -0.2) is 12.7 Å². The van der Waals surface area contributed by atoms with Gasteiger partial charge in [-0.05, 0) is 23.5 Å². The molecular formula is C20H23NO2. The van der Waals surface area contributed by atoms with E-state index >= 15 is 0 Å². The van der Waals surface area contributed by atoms with Crippen LogP contribution in [0.15, 0.2) is 60.7 Å². The fourth-order valence-electron chi connectivity index (χ4n) is 2.31. The number of hydrogen-bond acceptors (Lipinski definition) is 3. The first-order valence-electron chi connectivity index (χ1n) is 7.94. The van der Waals surface area contributed by atoms with E-state index in [4.69, 9.17) is 9.47 Å². The van der Waals surface area contributed by atoms with Crippen LogP contribution in [0.2, 0.25) is 0 Å². The highest BCUT2D eigenvalue weighted by atomic mass is 16.5. The van der Waals surface area contributed by atoms with E-state index in [1.54, 1.807) is 0 Å². The monoisotopic (exact) mass is 309 g/mol. The van der Waals surface area contributed by atoms with E-state index in [-0.39, 0.29) is 5.92 Å². The molecular weight excluding hydrogens is 286 g/mol. The summed E-state index contributed by atoms with van der Waals surface area (Å²) in [5.74, 6) is 0.277. The molecule has 120 valence electrons. The fraction of sp³-hybridized carbons (Fsp3) is 0.350. The highest BCUT2D eigenvalue weighted by Gasteiger charge is 2.13. The van der Waals surface area contributed by atoms with Gasteiger partial charge in [0.2, 0.25) is 0 Å². The molecule has 0 amide bonds. The van der Waals surface area contributed by atoms with Crippen LogP contribution in [0.5, 0.6) is 0 Å². The summed E-state index contributed by atoms with van der Waals surface area (Å²) in [6, 6.07) is 22.2. The van der Waals surface area contributed by atoms with Crippen LogP contribution in [0.25, 0.3) is 0 Å². The largest absolute Gasteiger partial charge is 0.376 e. The summed E-state index contributed by atoms with van der Waals surface area (Å²) >= 11 is 0. The standard InChI is InChI=1S/C20H23NO2/c1-17(14-22-15-18-8-4-2-5-9-18)12-20(13-21)23-16-19-10-6-3-7-11-19/h2-11,17,20H,12,14-16H2,1H3/t17-,20-/m0/s1. The van der Waals surface area contributed by atoms with E-state index in [0.717, 1.165) is 11.1 Å². The summed E-state index contributed by atoms with van der Waals surface area (Å²) in [5.41, 5.74) is 2.25. The molecule has 0 spiro atoms. The zero-order valence-electron chi connectivity index (χ0n) is 13.5. The number of rotatable bonds is 9. The number of ether oxygens (including phenoxy) is 2. The van der Waals surface area contributed by atoms with Crippen LogP contribution in [0.1, 0.15) is 24.5 Å². The van der Waals surface area contributed by atoms with Gasteiger partial charge in [-0.3, -0.25) is 0 Å². The minimum atomic E-state index is -0.398. The molecule has 0 aliphatic rings. The van der Waals surface area contributed by atoms with Crippen molar-refractivity contribution in [2.24, 2.45) is 5.92 Å². The zero-order chi connectivity index (χ0) is 16.3. The van der Waals surface area contributed by atoms with Crippen LogP contribution < -0.4 is 0 Å². The lowest BCUT2D eigenvalue weighted by Crippen LogP contribution is -2.17. The molecule has 2 aromatic rings. The molecule has 0 radical (unpaired) electrons. The van der Waals surface area contributed by atoms with Crippen LogP contribution in [0, 0.1) is 17.2 Å². The number of nitriles is 1. The second kappa shape index (κ2) is 9.78. The Balaban J connectivity index is 1.68. The third-order valence-corrected chi connectivity index (χ3v) is 3.57. The molecule has 0 bridgehead atoms. The molecule has 2 aromatic carbocycles. The summed E-state index contributed by atoms with van der Waals surface area (Å²) in [6.45, 7) is 3.78. The molecule has 0 unspecified atom stereocenters. The van der Waals surface area contributed by atoms with Crippen molar-refractivity contribution in [2.75, 3.05) is 6.61 Å². The molecule has 0 aliphatic heterocycles. The van der Waals surface area contributed by atoms with E-state index in [1.165, 1.54) is 0 Å². The number of benzene rings is 2. The predicted molar refractivity (Wildman–Crippen MR) is 90.5 cm³/mol. The van der Waals surface area contributed by atoms with Gasteiger partial charge < -0.3 is 9.47 Å². The van der Waals surface area contributed by atoms with E-state index < -0.39 is 6.10 Å². The minimum absolute atomic E-state index is 0.277. The van der Waals surface area contributed by atoms with Gasteiger partial charge in [0.25, 0.3) is 0 Å². The van der Waals surface area contributed by atoms with Gasteiger partial charge in [-0.15, -0.1) is 0 Å². The van der Waals surface area contributed by atoms with E-state index in [9.17, 15) is 5.26 Å². The third kappa shape index (κ3) is 6.65. The van der Waals surface area contributed by atoms with Gasteiger partial charge in [-0.2, -0.15) is 5.26 Å². The molecule has 2 rings (SSSR count). The van der Waals surface area contributed by atoms with Gasteiger partial charge in [0.1, 0.15) is 6.10 Å². The van der Waals surface area contributed by atoms with Crippen LogP contribution in [-0.2, 0) is 22.7 Å². The number of hydrogen-bond donors (Lipinski definition) is 0. The zero-order valence-corrected chi connectivity index (χ0v) is 13.5. The Labute approximate surface area is 138 Å². The van der Waals surface area contributed by atoms with Crippen molar-refractivity contribution in [1.29, 1.82) is 5.26 Å². The number of nitrogens with zero attached hydrogens (tertiary/aromatic N) is 1.